The van der Waals surface area contributed by atoms with Crippen molar-refractivity contribution < 1.29 is 38.4 Å². The third-order valence-electron chi connectivity index (χ3n) is 13.3. The summed E-state index contributed by atoms with van der Waals surface area (Å²) in [5, 5.41) is 26.5. The number of guanidine groups is 1. The fourth-order valence-corrected chi connectivity index (χ4v) is 9.34. The number of nitrogens with zero attached hydrogens (tertiary/aromatic N) is 1. The molecule has 1 saturated heterocycles. The lowest BCUT2D eigenvalue weighted by Gasteiger charge is -2.28. The molecule has 20 nitrogen and oxygen atoms in total. The van der Waals surface area contributed by atoms with Crippen LogP contribution in [0.5, 0.6) is 0 Å². The molecule has 0 bridgehead atoms. The standard InChI is InChI=1S/C56H66N12O8/c1-33(69)63-48-31-49(70)60-24-10-9-18-43(50(71)59-2)64-52(73)45(28-34-20-22-36-12-3-5-14-38(36)26-34)66-51(72)44(19-11-25-61-56(57)58)65-53(74)46(29-35-21-23-37-13-4-6-15-39(37)27-35)67-54(75)47(68-55(48)76)30-40-32-62-42-17-8-7-16-41(40)42/h3-8,12-17,20-23,26-27,32,43-48,62H,9-11,18-19,24-25,28-31H2,1-2H3,(H,59,71)(H,60,70)(H,63,69)(H,64,73)(H,65,74)(H,66,72)(H,67,75)(H,68,76)(H4,57,58,61)/t43-,44-,45-,46+,47-,48-/m0/s1. The molecule has 20 heteroatoms. The molecule has 0 aliphatic carbocycles. The lowest BCUT2D eigenvalue weighted by molar-refractivity contribution is -0.135. The van der Waals surface area contributed by atoms with Crippen LogP contribution in [0.25, 0.3) is 32.4 Å². The molecule has 7 rings (SSSR count). The largest absolute Gasteiger partial charge is 0.370 e. The minimum Gasteiger partial charge on any atom is -0.370 e. The predicted octanol–water partition coefficient (Wildman–Crippen LogP) is 1.92. The van der Waals surface area contributed by atoms with Crippen molar-refractivity contribution in [2.24, 2.45) is 16.5 Å². The first-order valence-corrected chi connectivity index (χ1v) is 25.5. The van der Waals surface area contributed by atoms with Crippen molar-refractivity contribution >= 4 is 85.7 Å². The summed E-state index contributed by atoms with van der Waals surface area (Å²) in [6.07, 6.45) is 2.09. The number of amides is 8. The number of H-pyrrole nitrogens is 1. The Morgan fingerprint density at radius 3 is 1.78 bits per heavy atom. The van der Waals surface area contributed by atoms with Crippen molar-refractivity contribution in [3.8, 4) is 0 Å². The second kappa shape index (κ2) is 26.4. The van der Waals surface area contributed by atoms with E-state index in [0.29, 0.717) is 29.5 Å². The van der Waals surface area contributed by atoms with E-state index >= 15 is 4.79 Å². The van der Waals surface area contributed by atoms with Gasteiger partial charge in [-0.3, -0.25) is 43.3 Å². The number of nitrogens with two attached hydrogens (primary N) is 2. The van der Waals surface area contributed by atoms with Gasteiger partial charge in [-0.2, -0.15) is 0 Å². The van der Waals surface area contributed by atoms with Gasteiger partial charge in [-0.25, -0.2) is 0 Å². The van der Waals surface area contributed by atoms with E-state index < -0.39 is 89.9 Å². The molecule has 8 amide bonds. The van der Waals surface area contributed by atoms with Crippen LogP contribution in [0.2, 0.25) is 0 Å². The van der Waals surface area contributed by atoms with Crippen LogP contribution < -0.4 is 54.0 Å². The van der Waals surface area contributed by atoms with E-state index in [0.717, 1.165) is 32.4 Å². The van der Waals surface area contributed by atoms with Crippen LogP contribution in [0.3, 0.4) is 0 Å². The molecule has 1 aliphatic rings. The SMILES string of the molecule is CNC(=O)[C@@H]1CCCCNC(=O)C[C@H](NC(C)=O)C(=O)N[C@@H](Cc2c[nH]c3ccccc23)C(=O)N[C@H](Cc2ccc3ccccc3c2)C(=O)N[C@@H](CCCN=C(N)N)C(=O)N[C@@H](Cc2ccc3ccccc3c2)C(=O)N1. The van der Waals surface area contributed by atoms with E-state index in [1.165, 1.54) is 14.0 Å². The summed E-state index contributed by atoms with van der Waals surface area (Å²) in [6.45, 7) is 1.41. The lowest BCUT2D eigenvalue weighted by Crippen LogP contribution is -2.60. The zero-order valence-electron chi connectivity index (χ0n) is 42.6. The fraction of sp³-hybridized carbons (Fsp3) is 0.339. The summed E-state index contributed by atoms with van der Waals surface area (Å²) in [5.74, 6) is -5.65. The molecule has 0 spiro atoms. The van der Waals surface area contributed by atoms with Crippen molar-refractivity contribution in [1.29, 1.82) is 0 Å². The summed E-state index contributed by atoms with van der Waals surface area (Å²) in [5.41, 5.74) is 14.0. The van der Waals surface area contributed by atoms with Gasteiger partial charge in [0.25, 0.3) is 0 Å². The van der Waals surface area contributed by atoms with Crippen molar-refractivity contribution in [2.75, 3.05) is 20.1 Å². The Balaban J connectivity index is 1.28. The van der Waals surface area contributed by atoms with Crippen LogP contribution in [-0.2, 0) is 57.6 Å². The molecule has 0 unspecified atom stereocenters. The van der Waals surface area contributed by atoms with Crippen molar-refractivity contribution in [3.63, 3.8) is 0 Å². The van der Waals surface area contributed by atoms with E-state index in [2.05, 4.69) is 52.5 Å². The number of fused-ring (bicyclic) bond motifs is 3. The smallest absolute Gasteiger partial charge is 0.243 e. The number of aromatic amines is 1. The number of likely N-dealkylation sites (N-methyl/N-ethyl adjacent to an activating group) is 1. The molecular weight excluding hydrogens is 969 g/mol. The second-order valence-electron chi connectivity index (χ2n) is 19.0. The first kappa shape index (κ1) is 55.0. The molecule has 2 heterocycles. The molecule has 13 N–H and O–H groups in total. The van der Waals surface area contributed by atoms with Gasteiger partial charge in [-0.05, 0) is 76.4 Å². The maximum atomic E-state index is 15.0. The van der Waals surface area contributed by atoms with Crippen LogP contribution in [-0.4, -0.2) is 115 Å². The highest BCUT2D eigenvalue weighted by molar-refractivity contribution is 5.99. The van der Waals surface area contributed by atoms with Gasteiger partial charge in [-0.1, -0.05) is 103 Å². The van der Waals surface area contributed by atoms with Crippen molar-refractivity contribution in [3.05, 3.63) is 132 Å². The quantitative estimate of drug-likeness (QED) is 0.0481. The normalized spacial score (nSPS) is 20.8. The van der Waals surface area contributed by atoms with Crippen LogP contribution >= 0.6 is 0 Å². The maximum Gasteiger partial charge on any atom is 0.243 e. The third-order valence-corrected chi connectivity index (χ3v) is 13.3. The van der Waals surface area contributed by atoms with Crippen LogP contribution in [0.4, 0.5) is 0 Å². The highest BCUT2D eigenvalue weighted by Gasteiger charge is 2.35. The number of rotatable bonds is 12. The second-order valence-corrected chi connectivity index (χ2v) is 19.0. The average Bonchev–Trinajstić information content (AvgIpc) is 3.82. The van der Waals surface area contributed by atoms with Gasteiger partial charge in [0.1, 0.15) is 36.3 Å². The molecule has 1 aromatic heterocycles. The van der Waals surface area contributed by atoms with E-state index in [-0.39, 0.29) is 57.6 Å². The number of carbonyl (C=O) groups excluding carboxylic acids is 8. The van der Waals surface area contributed by atoms with Gasteiger partial charge >= 0.3 is 0 Å². The summed E-state index contributed by atoms with van der Waals surface area (Å²) in [7, 11) is 1.44. The minimum atomic E-state index is -1.41. The zero-order chi connectivity index (χ0) is 54.1. The van der Waals surface area contributed by atoms with Gasteiger partial charge in [-0.15, -0.1) is 0 Å². The maximum absolute atomic E-state index is 15.0. The molecule has 0 radical (unpaired) electrons. The molecule has 76 heavy (non-hydrogen) atoms. The third kappa shape index (κ3) is 15.4. The minimum absolute atomic E-state index is 0.00671. The molecule has 5 aromatic carbocycles. The highest BCUT2D eigenvalue weighted by Crippen LogP contribution is 2.22. The fourth-order valence-electron chi connectivity index (χ4n) is 9.34. The number of hydrogen-bond acceptors (Lipinski definition) is 9. The first-order valence-electron chi connectivity index (χ1n) is 25.5. The molecular formula is C56H66N12O8. The van der Waals surface area contributed by atoms with Crippen molar-refractivity contribution in [1.82, 2.24) is 47.5 Å². The number of benzene rings is 5. The Bertz CT molecular complexity index is 3120. The van der Waals surface area contributed by atoms with E-state index in [1.807, 2.05) is 109 Å². The van der Waals surface area contributed by atoms with Crippen LogP contribution in [0, 0.1) is 0 Å². The van der Waals surface area contributed by atoms with Gasteiger partial charge in [0.05, 0.1) is 6.42 Å². The highest BCUT2D eigenvalue weighted by atomic mass is 16.2. The average molecular weight is 1040 g/mol. The predicted molar refractivity (Wildman–Crippen MR) is 290 cm³/mol. The number of hydrogen-bond donors (Lipinski definition) is 11. The summed E-state index contributed by atoms with van der Waals surface area (Å²) < 4.78 is 0. The Hall–Kier alpha value is -8.81. The van der Waals surface area contributed by atoms with E-state index in [9.17, 15) is 33.6 Å². The first-order chi connectivity index (χ1) is 36.6. The summed E-state index contributed by atoms with van der Waals surface area (Å²) in [6, 6.07) is 26.1. The van der Waals surface area contributed by atoms with Gasteiger partial charge < -0.3 is 59.0 Å². The molecule has 398 valence electrons. The molecule has 1 fully saturated rings. The number of para-hydroxylation sites is 1. The van der Waals surface area contributed by atoms with E-state index in [1.54, 1.807) is 6.20 Å². The zero-order valence-corrected chi connectivity index (χ0v) is 42.6. The lowest BCUT2D eigenvalue weighted by atomic mass is 9.98. The Morgan fingerprint density at radius 1 is 0.632 bits per heavy atom. The van der Waals surface area contributed by atoms with Gasteiger partial charge in [0.15, 0.2) is 5.96 Å². The van der Waals surface area contributed by atoms with Crippen LogP contribution in [0.1, 0.15) is 62.1 Å². The van der Waals surface area contributed by atoms with Crippen LogP contribution in [0.15, 0.2) is 120 Å². The number of aromatic nitrogens is 1. The Morgan fingerprint density at radius 2 is 1.17 bits per heavy atom. The van der Waals surface area contributed by atoms with E-state index in [4.69, 9.17) is 11.5 Å². The topological polar surface area (TPSA) is 313 Å². The summed E-state index contributed by atoms with van der Waals surface area (Å²) in [4.78, 5) is 120. The molecule has 1 aliphatic heterocycles. The number of nitrogens with one attached hydrogen (secondary N) is 9. The molecule has 6 aromatic rings. The van der Waals surface area contributed by atoms with Crippen molar-refractivity contribution in [2.45, 2.75) is 101 Å². The molecule has 6 atom stereocenters. The monoisotopic (exact) mass is 1030 g/mol. The summed E-state index contributed by atoms with van der Waals surface area (Å²) >= 11 is 0. The van der Waals surface area contributed by atoms with Gasteiger partial charge in [0, 0.05) is 63.4 Å². The number of aliphatic imine (C=N–C) groups is 1. The Kier molecular flexibility index (Phi) is 19.1. The molecule has 0 saturated carbocycles. The number of carbonyl (C=O) groups is 8. The Labute approximate surface area is 439 Å². The van der Waals surface area contributed by atoms with Gasteiger partial charge in [0.2, 0.25) is 47.3 Å².